The molecule has 2 aliphatic rings. The summed E-state index contributed by atoms with van der Waals surface area (Å²) in [7, 11) is 0. The molecule has 4 heterocycles. The molecule has 2 aromatic carbocycles. The van der Waals surface area contributed by atoms with Crippen molar-refractivity contribution < 1.29 is 18.4 Å². The van der Waals surface area contributed by atoms with Crippen LogP contribution >= 0.6 is 0 Å². The topological polar surface area (TPSA) is 82.5 Å². The summed E-state index contributed by atoms with van der Waals surface area (Å²) in [5, 5.41) is 7.22. The summed E-state index contributed by atoms with van der Waals surface area (Å²) in [6.45, 7) is 2.64. The van der Waals surface area contributed by atoms with Gasteiger partial charge in [0.2, 0.25) is 0 Å². The lowest BCUT2D eigenvalue weighted by Crippen LogP contribution is -2.51. The maximum atomic E-state index is 13.4. The third kappa shape index (κ3) is 4.31. The van der Waals surface area contributed by atoms with Gasteiger partial charge >= 0.3 is 0 Å². The van der Waals surface area contributed by atoms with Gasteiger partial charge in [-0.3, -0.25) is 14.5 Å². The van der Waals surface area contributed by atoms with Crippen LogP contribution in [0.25, 0.3) is 11.0 Å². The molecule has 0 aliphatic carbocycles. The van der Waals surface area contributed by atoms with E-state index in [1.165, 1.54) is 5.01 Å². The molecule has 2 amide bonds. The highest BCUT2D eigenvalue weighted by Crippen LogP contribution is 2.34. The van der Waals surface area contributed by atoms with Crippen LogP contribution in [-0.4, -0.2) is 65.1 Å². The molecule has 6 rings (SSSR count). The van der Waals surface area contributed by atoms with Gasteiger partial charge in [-0.15, -0.1) is 0 Å². The van der Waals surface area contributed by atoms with E-state index in [1.54, 1.807) is 6.26 Å². The summed E-state index contributed by atoms with van der Waals surface area (Å²) in [6, 6.07) is 22.4. The van der Waals surface area contributed by atoms with Crippen LogP contribution < -0.4 is 0 Å². The van der Waals surface area contributed by atoms with E-state index in [-0.39, 0.29) is 24.4 Å². The van der Waals surface area contributed by atoms with Crippen molar-refractivity contribution in [1.29, 1.82) is 0 Å². The molecule has 1 saturated heterocycles. The molecule has 0 spiro atoms. The zero-order chi connectivity index (χ0) is 24.5. The van der Waals surface area contributed by atoms with Gasteiger partial charge in [-0.1, -0.05) is 36.4 Å². The van der Waals surface area contributed by atoms with E-state index >= 15 is 0 Å². The summed E-state index contributed by atoms with van der Waals surface area (Å²) in [5.74, 6) is 1.28. The normalized spacial score (nSPS) is 18.6. The number of hydrazone groups is 1. The highest BCUT2D eigenvalue weighted by Gasteiger charge is 2.37. The molecule has 2 aromatic heterocycles. The van der Waals surface area contributed by atoms with E-state index in [2.05, 4.69) is 4.90 Å². The zero-order valence-electron chi connectivity index (χ0n) is 19.7. The van der Waals surface area contributed by atoms with Crippen molar-refractivity contribution in [3.8, 4) is 0 Å². The lowest BCUT2D eigenvalue weighted by molar-refractivity contribution is -0.134. The first-order chi connectivity index (χ1) is 17.7. The van der Waals surface area contributed by atoms with Crippen molar-refractivity contribution in [2.75, 3.05) is 32.7 Å². The predicted octanol–water partition coefficient (Wildman–Crippen LogP) is 4.16. The van der Waals surface area contributed by atoms with Crippen LogP contribution in [0.4, 0.5) is 0 Å². The lowest BCUT2D eigenvalue weighted by Gasteiger charge is -2.35. The van der Waals surface area contributed by atoms with Crippen LogP contribution in [0.15, 0.2) is 93.0 Å². The third-order valence-corrected chi connectivity index (χ3v) is 6.79. The number of amides is 2. The molecule has 8 nitrogen and oxygen atoms in total. The number of hydrogen-bond donors (Lipinski definition) is 0. The van der Waals surface area contributed by atoms with E-state index < -0.39 is 0 Å². The molecule has 1 atom stereocenters. The number of piperazine rings is 1. The minimum absolute atomic E-state index is 0.0269. The molecule has 8 heteroatoms. The van der Waals surface area contributed by atoms with Gasteiger partial charge in [-0.2, -0.15) is 5.10 Å². The maximum absolute atomic E-state index is 13.4. The Bertz CT molecular complexity index is 1370. The first-order valence-electron chi connectivity index (χ1n) is 12.1. The Morgan fingerprint density at radius 3 is 2.44 bits per heavy atom. The average molecular weight is 483 g/mol. The first-order valence-corrected chi connectivity index (χ1v) is 12.1. The average Bonchev–Trinajstić information content (AvgIpc) is 3.68. The largest absolute Gasteiger partial charge is 0.467 e. The Morgan fingerprint density at radius 1 is 0.917 bits per heavy atom. The van der Waals surface area contributed by atoms with E-state index in [0.29, 0.717) is 49.7 Å². The van der Waals surface area contributed by atoms with Crippen LogP contribution in [-0.2, 0) is 4.79 Å². The number of benzene rings is 2. The summed E-state index contributed by atoms with van der Waals surface area (Å²) in [5.41, 5.74) is 2.20. The van der Waals surface area contributed by atoms with Crippen LogP contribution in [0.2, 0.25) is 0 Å². The van der Waals surface area contributed by atoms with Crippen molar-refractivity contribution >= 4 is 28.5 Å². The lowest BCUT2D eigenvalue weighted by atomic mass is 10.1. The van der Waals surface area contributed by atoms with Gasteiger partial charge in [0.05, 0.1) is 12.8 Å². The monoisotopic (exact) mass is 482 g/mol. The van der Waals surface area contributed by atoms with E-state index in [4.69, 9.17) is 13.9 Å². The molecule has 4 aromatic rings. The Labute approximate surface area is 208 Å². The van der Waals surface area contributed by atoms with Crippen molar-refractivity contribution in [2.45, 2.75) is 12.5 Å². The fourth-order valence-electron chi connectivity index (χ4n) is 4.85. The van der Waals surface area contributed by atoms with Crippen molar-refractivity contribution in [3.63, 3.8) is 0 Å². The number of para-hydroxylation sites is 1. The molecule has 182 valence electrons. The smallest absolute Gasteiger partial charge is 0.257 e. The van der Waals surface area contributed by atoms with Gasteiger partial charge in [-0.05, 0) is 36.4 Å². The number of nitrogens with zero attached hydrogens (tertiary/aromatic N) is 4. The predicted molar refractivity (Wildman–Crippen MR) is 134 cm³/mol. The van der Waals surface area contributed by atoms with Gasteiger partial charge in [0.15, 0.2) is 5.76 Å². The van der Waals surface area contributed by atoms with Gasteiger partial charge < -0.3 is 13.7 Å². The van der Waals surface area contributed by atoms with Crippen molar-refractivity contribution in [3.05, 3.63) is 96.1 Å². The number of rotatable bonds is 5. The molecule has 0 N–H and O–H groups in total. The number of fused-ring (bicyclic) bond motifs is 1. The Kier molecular flexibility index (Phi) is 5.87. The first kappa shape index (κ1) is 22.3. The highest BCUT2D eigenvalue weighted by molar-refractivity contribution is 6.03. The second-order valence-corrected chi connectivity index (χ2v) is 9.10. The van der Waals surface area contributed by atoms with E-state index in [1.807, 2.05) is 77.7 Å². The summed E-state index contributed by atoms with van der Waals surface area (Å²) >= 11 is 0. The molecule has 1 fully saturated rings. The number of carbonyl (C=O) groups excluding carboxylic acids is 2. The van der Waals surface area contributed by atoms with Gasteiger partial charge in [0.1, 0.15) is 23.1 Å². The fourth-order valence-corrected chi connectivity index (χ4v) is 4.85. The quantitative estimate of drug-likeness (QED) is 0.427. The molecular weight excluding hydrogens is 456 g/mol. The number of carbonyl (C=O) groups is 2. The Morgan fingerprint density at radius 2 is 1.69 bits per heavy atom. The molecular formula is C28H26N4O4. The van der Waals surface area contributed by atoms with Crippen molar-refractivity contribution in [1.82, 2.24) is 14.8 Å². The highest BCUT2D eigenvalue weighted by atomic mass is 16.3. The fraction of sp³-hybridized carbons (Fsp3) is 0.250. The van der Waals surface area contributed by atoms with Crippen LogP contribution in [0, 0.1) is 0 Å². The molecule has 36 heavy (non-hydrogen) atoms. The summed E-state index contributed by atoms with van der Waals surface area (Å²) < 4.78 is 11.7. The van der Waals surface area contributed by atoms with Gasteiger partial charge in [-0.25, -0.2) is 5.01 Å². The summed E-state index contributed by atoms with van der Waals surface area (Å²) in [6.07, 6.45) is 2.12. The third-order valence-electron chi connectivity index (χ3n) is 6.79. The second kappa shape index (κ2) is 9.47. The number of furan rings is 2. The van der Waals surface area contributed by atoms with Crippen LogP contribution in [0.5, 0.6) is 0 Å². The van der Waals surface area contributed by atoms with Crippen molar-refractivity contribution in [2.24, 2.45) is 5.10 Å². The van der Waals surface area contributed by atoms with E-state index in [0.717, 1.165) is 16.7 Å². The van der Waals surface area contributed by atoms with E-state index in [9.17, 15) is 9.59 Å². The minimum atomic E-state index is -0.323. The second-order valence-electron chi connectivity index (χ2n) is 9.10. The van der Waals surface area contributed by atoms with Crippen LogP contribution in [0.1, 0.15) is 34.3 Å². The maximum Gasteiger partial charge on any atom is 0.257 e. The Hall–Kier alpha value is -4.17. The Balaban J connectivity index is 1.15. The molecule has 0 saturated carbocycles. The van der Waals surface area contributed by atoms with Gasteiger partial charge in [0.25, 0.3) is 11.8 Å². The molecule has 0 radical (unpaired) electrons. The van der Waals surface area contributed by atoms with Crippen LogP contribution in [0.3, 0.4) is 0 Å². The SMILES string of the molecule is O=C(c1ccccc1)N1CCN(CC(=O)N2N=C(c3cc4ccccc4o3)C[C@@H]2c2ccco2)CC1. The zero-order valence-corrected chi connectivity index (χ0v) is 19.7. The molecule has 0 unspecified atom stereocenters. The molecule has 2 aliphatic heterocycles. The minimum Gasteiger partial charge on any atom is -0.467 e. The van der Waals surface area contributed by atoms with Gasteiger partial charge in [0, 0.05) is 43.5 Å². The standard InChI is InChI=1S/C28H26N4O4/c33-27(19-30-12-14-31(15-13-30)28(34)20-7-2-1-3-8-20)32-23(25-11-6-16-35-25)18-22(29-32)26-17-21-9-4-5-10-24(21)36-26/h1-11,16-17,23H,12-15,18-19H2/t23-/m1/s1. The number of hydrogen-bond acceptors (Lipinski definition) is 6. The summed E-state index contributed by atoms with van der Waals surface area (Å²) in [4.78, 5) is 30.1. The molecule has 0 bridgehead atoms.